The summed E-state index contributed by atoms with van der Waals surface area (Å²) in [7, 11) is 0. The predicted molar refractivity (Wildman–Crippen MR) is 76.9 cm³/mol. The molecule has 0 aliphatic carbocycles. The van der Waals surface area contributed by atoms with Gasteiger partial charge in [0.25, 0.3) is 0 Å². The number of benzene rings is 1. The molecule has 122 valence electrons. The molecule has 1 amide bonds. The van der Waals surface area contributed by atoms with Gasteiger partial charge in [-0.3, -0.25) is 0 Å². The van der Waals surface area contributed by atoms with Crippen molar-refractivity contribution in [2.45, 2.75) is 44.9 Å². The number of aliphatic carboxylic acids is 1. The number of hydrogen-bond donors (Lipinski definition) is 3. The van der Waals surface area contributed by atoms with Crippen molar-refractivity contribution in [2.75, 3.05) is 0 Å². The van der Waals surface area contributed by atoms with Gasteiger partial charge in [0.2, 0.25) is 0 Å². The Bertz CT molecular complexity index is 541. The molecule has 1 rings (SSSR count). The van der Waals surface area contributed by atoms with E-state index in [-0.39, 0.29) is 6.42 Å². The van der Waals surface area contributed by atoms with Crippen LogP contribution >= 0.6 is 0 Å². The lowest BCUT2D eigenvalue weighted by molar-refractivity contribution is -0.148. The van der Waals surface area contributed by atoms with Crippen molar-refractivity contribution in [2.24, 2.45) is 0 Å². The van der Waals surface area contributed by atoms with Crippen LogP contribution in [0.3, 0.4) is 0 Å². The molecule has 22 heavy (non-hydrogen) atoms. The SMILES string of the molecule is CC(C)(C)OC(=O)N[C@H](Cc1cccc(F)c1)[C@@H](O)C(=O)O. The molecule has 0 unspecified atom stereocenters. The Morgan fingerprint density at radius 2 is 2.00 bits per heavy atom. The number of amides is 1. The highest BCUT2D eigenvalue weighted by molar-refractivity contribution is 5.75. The Morgan fingerprint density at radius 1 is 1.36 bits per heavy atom. The number of carboxylic acids is 1. The third-order valence-corrected chi connectivity index (χ3v) is 2.68. The summed E-state index contributed by atoms with van der Waals surface area (Å²) in [5.41, 5.74) is -0.317. The number of hydrogen-bond acceptors (Lipinski definition) is 4. The number of rotatable bonds is 5. The highest BCUT2D eigenvalue weighted by atomic mass is 19.1. The average molecular weight is 313 g/mol. The van der Waals surface area contributed by atoms with Gasteiger partial charge < -0.3 is 20.3 Å². The molecule has 0 aliphatic heterocycles. The first-order valence-corrected chi connectivity index (χ1v) is 6.73. The molecule has 0 saturated heterocycles. The second-order valence-corrected chi connectivity index (χ2v) is 5.87. The zero-order valence-electron chi connectivity index (χ0n) is 12.7. The number of carboxylic acid groups (broad SMARTS) is 1. The minimum Gasteiger partial charge on any atom is -0.479 e. The number of aliphatic hydroxyl groups is 1. The maximum Gasteiger partial charge on any atom is 0.407 e. The summed E-state index contributed by atoms with van der Waals surface area (Å²) in [5, 5.41) is 20.9. The Morgan fingerprint density at radius 3 is 2.50 bits per heavy atom. The monoisotopic (exact) mass is 313 g/mol. The number of halogens is 1. The Kier molecular flexibility index (Phi) is 5.87. The van der Waals surface area contributed by atoms with Gasteiger partial charge >= 0.3 is 12.1 Å². The lowest BCUT2D eigenvalue weighted by atomic mass is 10.0. The minimum absolute atomic E-state index is 0.0511. The molecule has 0 fully saturated rings. The fraction of sp³-hybridized carbons (Fsp3) is 0.467. The lowest BCUT2D eigenvalue weighted by Crippen LogP contribution is -2.49. The third-order valence-electron chi connectivity index (χ3n) is 2.68. The van der Waals surface area contributed by atoms with E-state index in [0.29, 0.717) is 5.56 Å². The molecule has 7 heteroatoms. The van der Waals surface area contributed by atoms with Crippen molar-refractivity contribution in [1.82, 2.24) is 5.32 Å². The molecule has 1 aromatic carbocycles. The number of carbonyl (C=O) groups excluding carboxylic acids is 1. The fourth-order valence-electron chi connectivity index (χ4n) is 1.79. The van der Waals surface area contributed by atoms with Gasteiger partial charge in [0, 0.05) is 0 Å². The average Bonchev–Trinajstić information content (AvgIpc) is 2.34. The van der Waals surface area contributed by atoms with E-state index in [1.54, 1.807) is 26.8 Å². The molecule has 0 radical (unpaired) electrons. The first-order chi connectivity index (χ1) is 10.1. The molecule has 0 saturated carbocycles. The van der Waals surface area contributed by atoms with Gasteiger partial charge in [-0.05, 0) is 44.9 Å². The van der Waals surface area contributed by atoms with Crippen molar-refractivity contribution in [3.8, 4) is 0 Å². The Labute approximate surface area is 127 Å². The van der Waals surface area contributed by atoms with Gasteiger partial charge in [-0.1, -0.05) is 12.1 Å². The molecule has 3 N–H and O–H groups in total. The molecular formula is C15H20FNO5. The van der Waals surface area contributed by atoms with Crippen LogP contribution in [-0.4, -0.2) is 40.0 Å². The van der Waals surface area contributed by atoms with Crippen LogP contribution in [0.15, 0.2) is 24.3 Å². The van der Waals surface area contributed by atoms with E-state index in [4.69, 9.17) is 9.84 Å². The maximum absolute atomic E-state index is 13.2. The van der Waals surface area contributed by atoms with Crippen LogP contribution in [-0.2, 0) is 16.0 Å². The van der Waals surface area contributed by atoms with E-state index in [1.165, 1.54) is 18.2 Å². The molecule has 0 bridgehead atoms. The molecule has 0 aliphatic rings. The van der Waals surface area contributed by atoms with Crippen LogP contribution < -0.4 is 5.32 Å². The van der Waals surface area contributed by atoms with E-state index in [2.05, 4.69) is 5.32 Å². The zero-order valence-corrected chi connectivity index (χ0v) is 12.7. The zero-order chi connectivity index (χ0) is 16.9. The summed E-state index contributed by atoms with van der Waals surface area (Å²) in [6.07, 6.45) is -2.74. The fourth-order valence-corrected chi connectivity index (χ4v) is 1.79. The van der Waals surface area contributed by atoms with Crippen LogP contribution in [0.5, 0.6) is 0 Å². The summed E-state index contributed by atoms with van der Waals surface area (Å²) in [6, 6.07) is 4.34. The topological polar surface area (TPSA) is 95.9 Å². The molecule has 2 atom stereocenters. The summed E-state index contributed by atoms with van der Waals surface area (Å²) in [4.78, 5) is 22.7. The number of alkyl carbamates (subject to hydrolysis) is 1. The highest BCUT2D eigenvalue weighted by Gasteiger charge is 2.29. The minimum atomic E-state index is -1.84. The van der Waals surface area contributed by atoms with Crippen molar-refractivity contribution in [3.05, 3.63) is 35.6 Å². The molecule has 6 nitrogen and oxygen atoms in total. The lowest BCUT2D eigenvalue weighted by Gasteiger charge is -2.25. The van der Waals surface area contributed by atoms with E-state index in [1.807, 2.05) is 0 Å². The number of ether oxygens (including phenoxy) is 1. The van der Waals surface area contributed by atoms with Crippen LogP contribution in [0.4, 0.5) is 9.18 Å². The van der Waals surface area contributed by atoms with Gasteiger partial charge in [0.1, 0.15) is 11.4 Å². The predicted octanol–water partition coefficient (Wildman–Crippen LogP) is 1.71. The molecule has 0 spiro atoms. The second-order valence-electron chi connectivity index (χ2n) is 5.87. The smallest absolute Gasteiger partial charge is 0.407 e. The van der Waals surface area contributed by atoms with Crippen molar-refractivity contribution in [1.29, 1.82) is 0 Å². The largest absolute Gasteiger partial charge is 0.479 e. The van der Waals surface area contributed by atoms with Gasteiger partial charge in [0.15, 0.2) is 6.10 Å². The van der Waals surface area contributed by atoms with E-state index in [9.17, 15) is 19.1 Å². The van der Waals surface area contributed by atoms with Gasteiger partial charge in [-0.2, -0.15) is 0 Å². The van der Waals surface area contributed by atoms with Crippen LogP contribution in [0.1, 0.15) is 26.3 Å². The second kappa shape index (κ2) is 7.22. The summed E-state index contributed by atoms with van der Waals surface area (Å²) < 4.78 is 18.2. The Balaban J connectivity index is 2.85. The molecule has 0 heterocycles. The number of nitrogens with one attached hydrogen (secondary N) is 1. The van der Waals surface area contributed by atoms with Crippen molar-refractivity contribution >= 4 is 12.1 Å². The van der Waals surface area contributed by atoms with E-state index < -0.39 is 35.6 Å². The van der Waals surface area contributed by atoms with Crippen LogP contribution in [0.25, 0.3) is 0 Å². The molecule has 0 aromatic heterocycles. The summed E-state index contributed by atoms with van der Waals surface area (Å²) in [6.45, 7) is 4.96. The first kappa shape index (κ1) is 17.9. The maximum atomic E-state index is 13.2. The van der Waals surface area contributed by atoms with Crippen molar-refractivity contribution < 1.29 is 28.9 Å². The van der Waals surface area contributed by atoms with Gasteiger partial charge in [-0.25, -0.2) is 14.0 Å². The number of aliphatic hydroxyl groups excluding tert-OH is 1. The van der Waals surface area contributed by atoms with Gasteiger partial charge in [0.05, 0.1) is 6.04 Å². The highest BCUT2D eigenvalue weighted by Crippen LogP contribution is 2.11. The molecular weight excluding hydrogens is 293 g/mol. The first-order valence-electron chi connectivity index (χ1n) is 6.73. The summed E-state index contributed by atoms with van der Waals surface area (Å²) >= 11 is 0. The third kappa shape index (κ3) is 6.09. The summed E-state index contributed by atoms with van der Waals surface area (Å²) in [5.74, 6) is -1.98. The Hall–Kier alpha value is -2.15. The van der Waals surface area contributed by atoms with Gasteiger partial charge in [-0.15, -0.1) is 0 Å². The quantitative estimate of drug-likeness (QED) is 0.769. The van der Waals surface area contributed by atoms with E-state index in [0.717, 1.165) is 0 Å². The van der Waals surface area contributed by atoms with Crippen LogP contribution in [0.2, 0.25) is 0 Å². The number of carbonyl (C=O) groups is 2. The molecule has 1 aromatic rings. The van der Waals surface area contributed by atoms with Crippen LogP contribution in [0, 0.1) is 5.82 Å². The van der Waals surface area contributed by atoms with Crippen molar-refractivity contribution in [3.63, 3.8) is 0 Å². The van der Waals surface area contributed by atoms with E-state index >= 15 is 0 Å². The standard InChI is InChI=1S/C15H20FNO5/c1-15(2,3)22-14(21)17-11(12(18)13(19)20)8-9-5-4-6-10(16)7-9/h4-7,11-12,18H,8H2,1-3H3,(H,17,21)(H,19,20)/t11-,12-/m1/s1. The normalized spacial score (nSPS) is 14.0.